The van der Waals surface area contributed by atoms with Crippen LogP contribution in [0.5, 0.6) is 0 Å². The SMILES string of the molecule is CCOCC1CCC2(CO)CCCN12. The summed E-state index contributed by atoms with van der Waals surface area (Å²) in [5.74, 6) is 0. The van der Waals surface area contributed by atoms with Gasteiger partial charge in [0.25, 0.3) is 0 Å². The molecule has 2 aliphatic heterocycles. The summed E-state index contributed by atoms with van der Waals surface area (Å²) in [4.78, 5) is 2.49. The molecule has 0 aromatic heterocycles. The molecular weight excluding hydrogens is 178 g/mol. The van der Waals surface area contributed by atoms with Crippen LogP contribution in [0.25, 0.3) is 0 Å². The predicted molar refractivity (Wildman–Crippen MR) is 55.3 cm³/mol. The van der Waals surface area contributed by atoms with Crippen molar-refractivity contribution in [3.05, 3.63) is 0 Å². The van der Waals surface area contributed by atoms with E-state index in [1.165, 1.54) is 19.3 Å². The molecule has 2 rings (SSSR count). The highest BCUT2D eigenvalue weighted by molar-refractivity contribution is 5.04. The quantitative estimate of drug-likeness (QED) is 0.733. The van der Waals surface area contributed by atoms with Crippen molar-refractivity contribution in [1.29, 1.82) is 0 Å². The number of fused-ring (bicyclic) bond motifs is 1. The molecule has 14 heavy (non-hydrogen) atoms. The van der Waals surface area contributed by atoms with E-state index in [-0.39, 0.29) is 5.54 Å². The van der Waals surface area contributed by atoms with Crippen LogP contribution in [0.4, 0.5) is 0 Å². The molecule has 0 radical (unpaired) electrons. The van der Waals surface area contributed by atoms with Crippen molar-refractivity contribution in [1.82, 2.24) is 4.90 Å². The minimum atomic E-state index is 0.127. The largest absolute Gasteiger partial charge is 0.394 e. The van der Waals surface area contributed by atoms with Crippen molar-refractivity contribution >= 4 is 0 Å². The predicted octanol–water partition coefficient (Wildman–Crippen LogP) is 1.01. The highest BCUT2D eigenvalue weighted by Gasteiger charge is 2.48. The van der Waals surface area contributed by atoms with Crippen LogP contribution in [0.1, 0.15) is 32.6 Å². The molecule has 0 aliphatic carbocycles. The zero-order valence-corrected chi connectivity index (χ0v) is 9.04. The second kappa shape index (κ2) is 4.17. The van der Waals surface area contributed by atoms with Crippen molar-refractivity contribution < 1.29 is 9.84 Å². The van der Waals surface area contributed by atoms with Crippen LogP contribution in [0.2, 0.25) is 0 Å². The molecule has 3 heteroatoms. The monoisotopic (exact) mass is 199 g/mol. The normalized spacial score (nSPS) is 37.7. The molecule has 2 atom stereocenters. The lowest BCUT2D eigenvalue weighted by Gasteiger charge is -2.33. The van der Waals surface area contributed by atoms with Gasteiger partial charge in [0.05, 0.1) is 13.2 Å². The van der Waals surface area contributed by atoms with Crippen LogP contribution in [-0.2, 0) is 4.74 Å². The number of aliphatic hydroxyl groups excluding tert-OH is 1. The van der Waals surface area contributed by atoms with Gasteiger partial charge < -0.3 is 9.84 Å². The Morgan fingerprint density at radius 2 is 2.36 bits per heavy atom. The second-order valence-electron chi connectivity index (χ2n) is 4.53. The van der Waals surface area contributed by atoms with Crippen LogP contribution in [0.3, 0.4) is 0 Å². The summed E-state index contributed by atoms with van der Waals surface area (Å²) >= 11 is 0. The van der Waals surface area contributed by atoms with Gasteiger partial charge in [-0.05, 0) is 39.2 Å². The Labute approximate surface area is 86.0 Å². The first-order valence-corrected chi connectivity index (χ1v) is 5.78. The molecule has 0 aromatic rings. The summed E-state index contributed by atoms with van der Waals surface area (Å²) < 4.78 is 5.49. The highest BCUT2D eigenvalue weighted by atomic mass is 16.5. The molecule has 2 fully saturated rings. The molecule has 3 nitrogen and oxygen atoms in total. The smallest absolute Gasteiger partial charge is 0.0621 e. The molecule has 2 heterocycles. The summed E-state index contributed by atoms with van der Waals surface area (Å²) in [6.45, 7) is 5.17. The molecule has 0 saturated carbocycles. The van der Waals surface area contributed by atoms with Gasteiger partial charge in [0.1, 0.15) is 0 Å². The lowest BCUT2D eigenvalue weighted by Crippen LogP contribution is -2.46. The Morgan fingerprint density at radius 1 is 1.50 bits per heavy atom. The van der Waals surface area contributed by atoms with Gasteiger partial charge in [-0.25, -0.2) is 0 Å². The van der Waals surface area contributed by atoms with E-state index in [2.05, 4.69) is 4.90 Å². The average molecular weight is 199 g/mol. The van der Waals surface area contributed by atoms with E-state index < -0.39 is 0 Å². The van der Waals surface area contributed by atoms with E-state index in [9.17, 15) is 5.11 Å². The Hall–Kier alpha value is -0.120. The van der Waals surface area contributed by atoms with Gasteiger partial charge >= 0.3 is 0 Å². The Kier molecular flexibility index (Phi) is 3.10. The lowest BCUT2D eigenvalue weighted by atomic mass is 9.95. The molecule has 2 aliphatic rings. The summed E-state index contributed by atoms with van der Waals surface area (Å²) in [5, 5.41) is 9.49. The fraction of sp³-hybridized carbons (Fsp3) is 1.00. The maximum atomic E-state index is 9.49. The molecule has 82 valence electrons. The van der Waals surface area contributed by atoms with Crippen molar-refractivity contribution in [2.24, 2.45) is 0 Å². The molecule has 2 unspecified atom stereocenters. The zero-order chi connectivity index (χ0) is 10.0. The van der Waals surface area contributed by atoms with Crippen LogP contribution in [0, 0.1) is 0 Å². The van der Waals surface area contributed by atoms with Gasteiger partial charge in [-0.15, -0.1) is 0 Å². The summed E-state index contributed by atoms with van der Waals surface area (Å²) in [6.07, 6.45) is 4.76. The number of ether oxygens (including phenoxy) is 1. The average Bonchev–Trinajstić information content (AvgIpc) is 2.74. The Morgan fingerprint density at radius 3 is 3.07 bits per heavy atom. The van der Waals surface area contributed by atoms with Crippen molar-refractivity contribution in [3.8, 4) is 0 Å². The zero-order valence-electron chi connectivity index (χ0n) is 9.04. The Balaban J connectivity index is 1.97. The summed E-state index contributed by atoms with van der Waals surface area (Å²) in [7, 11) is 0. The molecule has 1 N–H and O–H groups in total. The van der Waals surface area contributed by atoms with Crippen molar-refractivity contribution in [2.45, 2.75) is 44.2 Å². The topological polar surface area (TPSA) is 32.7 Å². The first-order valence-electron chi connectivity index (χ1n) is 5.78. The minimum Gasteiger partial charge on any atom is -0.394 e. The fourth-order valence-electron chi connectivity index (χ4n) is 3.06. The maximum Gasteiger partial charge on any atom is 0.0621 e. The lowest BCUT2D eigenvalue weighted by molar-refractivity contribution is 0.0366. The third-order valence-corrected chi connectivity index (χ3v) is 3.84. The van der Waals surface area contributed by atoms with E-state index in [1.807, 2.05) is 6.92 Å². The van der Waals surface area contributed by atoms with Crippen molar-refractivity contribution in [2.75, 3.05) is 26.4 Å². The van der Waals surface area contributed by atoms with Gasteiger partial charge in [-0.3, -0.25) is 4.90 Å². The number of rotatable bonds is 4. The fourth-order valence-corrected chi connectivity index (χ4v) is 3.06. The van der Waals surface area contributed by atoms with E-state index in [0.29, 0.717) is 12.6 Å². The van der Waals surface area contributed by atoms with Gasteiger partial charge in [-0.1, -0.05) is 0 Å². The van der Waals surface area contributed by atoms with Gasteiger partial charge in [0.2, 0.25) is 0 Å². The van der Waals surface area contributed by atoms with Crippen LogP contribution in [-0.4, -0.2) is 48.0 Å². The Bertz CT molecular complexity index is 196. The first-order chi connectivity index (χ1) is 6.82. The molecule has 0 spiro atoms. The summed E-state index contributed by atoms with van der Waals surface area (Å²) in [6, 6.07) is 0.560. The molecular formula is C11H21NO2. The van der Waals surface area contributed by atoms with Crippen LogP contribution >= 0.6 is 0 Å². The highest BCUT2D eigenvalue weighted by Crippen LogP contribution is 2.41. The summed E-state index contributed by atoms with van der Waals surface area (Å²) in [5.41, 5.74) is 0.127. The third-order valence-electron chi connectivity index (χ3n) is 3.84. The van der Waals surface area contributed by atoms with E-state index in [0.717, 1.165) is 26.2 Å². The van der Waals surface area contributed by atoms with E-state index in [1.54, 1.807) is 0 Å². The molecule has 0 amide bonds. The molecule has 2 saturated heterocycles. The number of hydrogen-bond acceptors (Lipinski definition) is 3. The number of nitrogens with zero attached hydrogens (tertiary/aromatic N) is 1. The number of hydrogen-bond donors (Lipinski definition) is 1. The van der Waals surface area contributed by atoms with E-state index in [4.69, 9.17) is 4.74 Å². The van der Waals surface area contributed by atoms with Gasteiger partial charge in [-0.2, -0.15) is 0 Å². The minimum absolute atomic E-state index is 0.127. The first kappa shape index (κ1) is 10.4. The molecule has 0 aromatic carbocycles. The van der Waals surface area contributed by atoms with Gasteiger partial charge in [0.15, 0.2) is 0 Å². The number of aliphatic hydroxyl groups is 1. The molecule has 0 bridgehead atoms. The van der Waals surface area contributed by atoms with Gasteiger partial charge in [0, 0.05) is 18.2 Å². The van der Waals surface area contributed by atoms with Crippen LogP contribution in [0.15, 0.2) is 0 Å². The van der Waals surface area contributed by atoms with Crippen molar-refractivity contribution in [3.63, 3.8) is 0 Å². The van der Waals surface area contributed by atoms with Crippen LogP contribution < -0.4 is 0 Å². The van der Waals surface area contributed by atoms with E-state index >= 15 is 0 Å². The third kappa shape index (κ3) is 1.58. The second-order valence-corrected chi connectivity index (χ2v) is 4.53. The maximum absolute atomic E-state index is 9.49. The standard InChI is InChI=1S/C11H21NO2/c1-2-14-8-10-4-6-11(9-13)5-3-7-12(10)11/h10,13H,2-9H2,1H3.